The number of carboxylic acid groups (broad SMARTS) is 1. The standard InChI is InChI=1S/C9H16N2O2/c1-4-5-6-8(2)11(10-3)7-9(12)13/h5-6,10H,2,4,7H2,1,3H3,(H,12,13)/b6-5-. The maximum atomic E-state index is 10.4. The van der Waals surface area contributed by atoms with Gasteiger partial charge in [-0.3, -0.25) is 9.80 Å². The van der Waals surface area contributed by atoms with E-state index >= 15 is 0 Å². The zero-order valence-electron chi connectivity index (χ0n) is 8.08. The number of nitrogens with zero attached hydrogens (tertiary/aromatic N) is 1. The molecule has 13 heavy (non-hydrogen) atoms. The molecule has 2 N–H and O–H groups in total. The largest absolute Gasteiger partial charge is 0.480 e. The first-order valence-corrected chi connectivity index (χ1v) is 4.14. The summed E-state index contributed by atoms with van der Waals surface area (Å²) in [5.74, 6) is -0.889. The van der Waals surface area contributed by atoms with E-state index in [1.165, 1.54) is 5.01 Å². The highest BCUT2D eigenvalue weighted by Crippen LogP contribution is 1.99. The molecule has 0 amide bonds. The molecule has 0 aromatic heterocycles. The van der Waals surface area contributed by atoms with Gasteiger partial charge in [-0.25, -0.2) is 5.43 Å². The molecule has 4 nitrogen and oxygen atoms in total. The van der Waals surface area contributed by atoms with Crippen molar-refractivity contribution in [2.24, 2.45) is 0 Å². The molecule has 74 valence electrons. The first kappa shape index (κ1) is 11.7. The van der Waals surface area contributed by atoms with Gasteiger partial charge in [-0.2, -0.15) is 0 Å². The van der Waals surface area contributed by atoms with Gasteiger partial charge in [0.2, 0.25) is 0 Å². The average molecular weight is 184 g/mol. The maximum absolute atomic E-state index is 10.4. The Bertz CT molecular complexity index is 212. The molecule has 0 bridgehead atoms. The van der Waals surface area contributed by atoms with Gasteiger partial charge in [0.05, 0.1) is 0 Å². The van der Waals surface area contributed by atoms with Crippen LogP contribution >= 0.6 is 0 Å². The molecular formula is C9H16N2O2. The molecule has 0 spiro atoms. The SMILES string of the molecule is C=C(/C=C\CC)N(CC(=O)O)NC. The molecule has 0 atom stereocenters. The molecule has 0 aromatic carbocycles. The highest BCUT2D eigenvalue weighted by molar-refractivity contribution is 5.69. The number of aliphatic carboxylic acids is 1. The number of nitrogens with one attached hydrogen (secondary N) is 1. The first-order valence-electron chi connectivity index (χ1n) is 4.14. The predicted octanol–water partition coefficient (Wildman–Crippen LogP) is 0.987. The maximum Gasteiger partial charge on any atom is 0.324 e. The number of hydrogen-bond donors (Lipinski definition) is 2. The van der Waals surface area contributed by atoms with Gasteiger partial charge in [0.25, 0.3) is 0 Å². The van der Waals surface area contributed by atoms with Gasteiger partial charge in [0.1, 0.15) is 6.54 Å². The topological polar surface area (TPSA) is 52.6 Å². The summed E-state index contributed by atoms with van der Waals surface area (Å²) in [5, 5.41) is 10.0. The van der Waals surface area contributed by atoms with E-state index in [-0.39, 0.29) is 6.54 Å². The lowest BCUT2D eigenvalue weighted by molar-refractivity contribution is -0.138. The summed E-state index contributed by atoms with van der Waals surface area (Å²) in [4.78, 5) is 10.4. The lowest BCUT2D eigenvalue weighted by atomic mass is 10.3. The fourth-order valence-corrected chi connectivity index (χ4v) is 0.803. The molecule has 4 heteroatoms. The van der Waals surface area contributed by atoms with E-state index in [4.69, 9.17) is 5.11 Å². The van der Waals surface area contributed by atoms with Crippen molar-refractivity contribution in [2.75, 3.05) is 13.6 Å². The Labute approximate surface area is 78.5 Å². The molecular weight excluding hydrogens is 168 g/mol. The van der Waals surface area contributed by atoms with Crippen LogP contribution in [0.25, 0.3) is 0 Å². The van der Waals surface area contributed by atoms with Gasteiger partial charge in [0, 0.05) is 12.7 Å². The molecule has 0 aromatic rings. The number of allylic oxidation sites excluding steroid dienone is 2. The molecule has 0 heterocycles. The third-order valence-corrected chi connectivity index (χ3v) is 1.46. The number of hydrazine groups is 1. The van der Waals surface area contributed by atoms with Gasteiger partial charge >= 0.3 is 5.97 Å². The second kappa shape index (κ2) is 6.25. The van der Waals surface area contributed by atoms with Crippen LogP contribution in [0, 0.1) is 0 Å². The van der Waals surface area contributed by atoms with E-state index < -0.39 is 5.97 Å². The molecule has 0 aliphatic carbocycles. The van der Waals surface area contributed by atoms with Gasteiger partial charge in [-0.15, -0.1) is 0 Å². The summed E-state index contributed by atoms with van der Waals surface area (Å²) >= 11 is 0. The quantitative estimate of drug-likeness (QED) is 0.477. The highest BCUT2D eigenvalue weighted by Gasteiger charge is 2.06. The first-order chi connectivity index (χ1) is 6.11. The van der Waals surface area contributed by atoms with Crippen molar-refractivity contribution in [3.63, 3.8) is 0 Å². The van der Waals surface area contributed by atoms with E-state index in [2.05, 4.69) is 12.0 Å². The van der Waals surface area contributed by atoms with Crippen LogP contribution in [0.4, 0.5) is 0 Å². The van der Waals surface area contributed by atoms with E-state index in [0.29, 0.717) is 5.70 Å². The summed E-state index contributed by atoms with van der Waals surface area (Å²) in [6.07, 6.45) is 4.62. The lowest BCUT2D eigenvalue weighted by Crippen LogP contribution is -2.37. The third-order valence-electron chi connectivity index (χ3n) is 1.46. The van der Waals surface area contributed by atoms with Crippen molar-refractivity contribution < 1.29 is 9.90 Å². The van der Waals surface area contributed by atoms with Crippen molar-refractivity contribution in [2.45, 2.75) is 13.3 Å². The fraction of sp³-hybridized carbons (Fsp3) is 0.444. The molecule has 0 saturated heterocycles. The fourth-order valence-electron chi connectivity index (χ4n) is 0.803. The van der Waals surface area contributed by atoms with E-state index in [9.17, 15) is 4.79 Å². The van der Waals surface area contributed by atoms with Crippen LogP contribution in [0.3, 0.4) is 0 Å². The van der Waals surface area contributed by atoms with Crippen molar-refractivity contribution in [3.8, 4) is 0 Å². The summed E-state index contributed by atoms with van der Waals surface area (Å²) < 4.78 is 0. The van der Waals surface area contributed by atoms with Crippen LogP contribution in [-0.4, -0.2) is 29.7 Å². The van der Waals surface area contributed by atoms with E-state index in [1.54, 1.807) is 13.1 Å². The minimum Gasteiger partial charge on any atom is -0.480 e. The molecule has 0 saturated carbocycles. The Balaban J connectivity index is 4.15. The molecule has 0 fully saturated rings. The minimum atomic E-state index is -0.889. The van der Waals surface area contributed by atoms with Crippen LogP contribution in [0.2, 0.25) is 0 Å². The number of rotatable bonds is 6. The van der Waals surface area contributed by atoms with E-state index in [1.807, 2.05) is 13.0 Å². The zero-order chi connectivity index (χ0) is 10.3. The second-order valence-corrected chi connectivity index (χ2v) is 2.51. The predicted molar refractivity (Wildman–Crippen MR) is 52.0 cm³/mol. The molecule has 0 unspecified atom stereocenters. The highest BCUT2D eigenvalue weighted by atomic mass is 16.4. The molecule has 0 aliphatic heterocycles. The Hall–Kier alpha value is -1.29. The molecule has 0 aliphatic rings. The average Bonchev–Trinajstić information content (AvgIpc) is 2.09. The van der Waals surface area contributed by atoms with Gasteiger partial charge in [0.15, 0.2) is 0 Å². The van der Waals surface area contributed by atoms with Crippen molar-refractivity contribution in [1.29, 1.82) is 0 Å². The summed E-state index contributed by atoms with van der Waals surface area (Å²) in [6.45, 7) is 5.64. The Morgan fingerprint density at radius 3 is 2.69 bits per heavy atom. The smallest absolute Gasteiger partial charge is 0.324 e. The molecule has 0 rings (SSSR count). The van der Waals surface area contributed by atoms with Crippen LogP contribution in [0.15, 0.2) is 24.4 Å². The van der Waals surface area contributed by atoms with Crippen LogP contribution in [-0.2, 0) is 4.79 Å². The third kappa shape index (κ3) is 5.03. The van der Waals surface area contributed by atoms with Crippen molar-refractivity contribution >= 4 is 5.97 Å². The zero-order valence-corrected chi connectivity index (χ0v) is 8.08. The van der Waals surface area contributed by atoms with Gasteiger partial charge in [-0.05, 0) is 12.5 Å². The Morgan fingerprint density at radius 2 is 2.31 bits per heavy atom. The van der Waals surface area contributed by atoms with Crippen LogP contribution < -0.4 is 5.43 Å². The van der Waals surface area contributed by atoms with Crippen molar-refractivity contribution in [3.05, 3.63) is 24.4 Å². The molecule has 0 radical (unpaired) electrons. The Morgan fingerprint density at radius 1 is 1.69 bits per heavy atom. The lowest BCUT2D eigenvalue weighted by Gasteiger charge is -2.21. The van der Waals surface area contributed by atoms with Crippen LogP contribution in [0.5, 0.6) is 0 Å². The number of carboxylic acids is 1. The summed E-state index contributed by atoms with van der Waals surface area (Å²) in [6, 6.07) is 0. The van der Waals surface area contributed by atoms with Crippen molar-refractivity contribution in [1.82, 2.24) is 10.4 Å². The van der Waals surface area contributed by atoms with Gasteiger partial charge in [-0.1, -0.05) is 19.6 Å². The second-order valence-electron chi connectivity index (χ2n) is 2.51. The van der Waals surface area contributed by atoms with Crippen LogP contribution in [0.1, 0.15) is 13.3 Å². The van der Waals surface area contributed by atoms with Gasteiger partial charge < -0.3 is 5.11 Å². The monoisotopic (exact) mass is 184 g/mol. The minimum absolute atomic E-state index is 0.0939. The summed E-state index contributed by atoms with van der Waals surface area (Å²) in [7, 11) is 1.66. The van der Waals surface area contributed by atoms with E-state index in [0.717, 1.165) is 6.42 Å². The number of carbonyl (C=O) groups is 1. The normalized spacial score (nSPS) is 10.3. The Kier molecular flexibility index (Phi) is 5.63. The number of hydrogen-bond acceptors (Lipinski definition) is 3. The summed E-state index contributed by atoms with van der Waals surface area (Å²) in [5.41, 5.74) is 3.39.